The van der Waals surface area contributed by atoms with Crippen molar-refractivity contribution in [3.8, 4) is 0 Å². The summed E-state index contributed by atoms with van der Waals surface area (Å²) in [6, 6.07) is 4.93. The van der Waals surface area contributed by atoms with Crippen LogP contribution in [0.15, 0.2) is 45.9 Å². The van der Waals surface area contributed by atoms with Crippen LogP contribution in [-0.4, -0.2) is 22.0 Å². The Kier molecular flexibility index (Phi) is 3.37. The van der Waals surface area contributed by atoms with Crippen LogP contribution in [0.1, 0.15) is 20.7 Å². The van der Waals surface area contributed by atoms with Crippen molar-refractivity contribution < 1.29 is 19.1 Å². The monoisotopic (exact) mass is 260 g/mol. The van der Waals surface area contributed by atoms with E-state index >= 15 is 0 Å². The van der Waals surface area contributed by atoms with E-state index in [9.17, 15) is 14.4 Å². The van der Waals surface area contributed by atoms with Crippen molar-refractivity contribution in [2.45, 2.75) is 0 Å². The first-order valence-corrected chi connectivity index (χ1v) is 5.16. The largest absolute Gasteiger partial charge is 0.478 e. The highest BCUT2D eigenvalue weighted by Crippen LogP contribution is 2.08. The quantitative estimate of drug-likeness (QED) is 0.851. The van der Waals surface area contributed by atoms with Gasteiger partial charge in [0.25, 0.3) is 5.91 Å². The van der Waals surface area contributed by atoms with Crippen LogP contribution in [0.2, 0.25) is 0 Å². The second-order valence-corrected chi connectivity index (χ2v) is 3.53. The zero-order valence-corrected chi connectivity index (χ0v) is 9.49. The van der Waals surface area contributed by atoms with Gasteiger partial charge in [0, 0.05) is 12.3 Å². The van der Waals surface area contributed by atoms with Gasteiger partial charge in [0.05, 0.1) is 11.1 Å². The molecule has 2 heterocycles. The smallest absolute Gasteiger partial charge is 0.335 e. The van der Waals surface area contributed by atoms with E-state index in [0.717, 1.165) is 12.3 Å². The number of hydrogen-bond donors (Lipinski definition) is 2. The van der Waals surface area contributed by atoms with Crippen LogP contribution in [0.25, 0.3) is 0 Å². The molecule has 7 nitrogen and oxygen atoms in total. The van der Waals surface area contributed by atoms with E-state index < -0.39 is 17.5 Å². The van der Waals surface area contributed by atoms with E-state index in [1.54, 1.807) is 0 Å². The number of carboxylic acid groups (broad SMARTS) is 1. The van der Waals surface area contributed by atoms with Crippen molar-refractivity contribution in [3.63, 3.8) is 0 Å². The molecule has 2 rings (SSSR count). The van der Waals surface area contributed by atoms with Gasteiger partial charge in [0.2, 0.25) is 0 Å². The molecule has 0 saturated carbocycles. The summed E-state index contributed by atoms with van der Waals surface area (Å²) >= 11 is 0. The van der Waals surface area contributed by atoms with Crippen molar-refractivity contribution in [2.75, 3.05) is 5.32 Å². The van der Waals surface area contributed by atoms with Crippen molar-refractivity contribution in [1.29, 1.82) is 0 Å². The minimum Gasteiger partial charge on any atom is -0.478 e. The minimum atomic E-state index is -1.12. The standard InChI is InChI=1S/C12H8N2O5/c15-10-2-1-8(6-19-10)11(16)14-9-5-7(12(17)18)3-4-13-9/h1-6H,(H,17,18)(H,13,14,16). The van der Waals surface area contributed by atoms with Gasteiger partial charge >= 0.3 is 11.6 Å². The number of carbonyl (C=O) groups excluding carboxylic acids is 1. The minimum absolute atomic E-state index is 0.00453. The molecule has 0 bridgehead atoms. The summed E-state index contributed by atoms with van der Waals surface area (Å²) in [6.07, 6.45) is 2.28. The number of aromatic nitrogens is 1. The summed E-state index contributed by atoms with van der Waals surface area (Å²) in [6.45, 7) is 0. The highest BCUT2D eigenvalue weighted by molar-refractivity contribution is 6.03. The summed E-state index contributed by atoms with van der Waals surface area (Å²) in [7, 11) is 0. The van der Waals surface area contributed by atoms with E-state index in [-0.39, 0.29) is 16.9 Å². The molecule has 7 heteroatoms. The lowest BCUT2D eigenvalue weighted by atomic mass is 10.2. The van der Waals surface area contributed by atoms with Gasteiger partial charge in [-0.15, -0.1) is 0 Å². The van der Waals surface area contributed by atoms with E-state index in [1.807, 2.05) is 0 Å². The summed E-state index contributed by atoms with van der Waals surface area (Å²) in [5, 5.41) is 11.2. The highest BCUT2D eigenvalue weighted by Gasteiger charge is 2.09. The number of aromatic carboxylic acids is 1. The molecular weight excluding hydrogens is 252 g/mol. The number of amides is 1. The van der Waals surface area contributed by atoms with Gasteiger partial charge in [-0.3, -0.25) is 4.79 Å². The number of pyridine rings is 1. The number of nitrogens with one attached hydrogen (secondary N) is 1. The molecule has 0 fully saturated rings. The number of carbonyl (C=O) groups is 2. The Hall–Kier alpha value is -2.96. The zero-order chi connectivity index (χ0) is 13.8. The highest BCUT2D eigenvalue weighted by atomic mass is 16.4. The lowest BCUT2D eigenvalue weighted by Gasteiger charge is -2.04. The van der Waals surface area contributed by atoms with E-state index in [2.05, 4.69) is 14.7 Å². The van der Waals surface area contributed by atoms with Crippen molar-refractivity contribution in [2.24, 2.45) is 0 Å². The normalized spacial score (nSPS) is 9.89. The number of nitrogens with zero attached hydrogens (tertiary/aromatic N) is 1. The summed E-state index contributed by atoms with van der Waals surface area (Å²) in [4.78, 5) is 37.1. The van der Waals surface area contributed by atoms with Gasteiger partial charge in [-0.2, -0.15) is 0 Å². The fraction of sp³-hybridized carbons (Fsp3) is 0. The molecule has 1 amide bonds. The van der Waals surface area contributed by atoms with E-state index in [1.165, 1.54) is 24.4 Å². The Morgan fingerprint density at radius 3 is 2.63 bits per heavy atom. The van der Waals surface area contributed by atoms with Crippen molar-refractivity contribution in [1.82, 2.24) is 4.98 Å². The van der Waals surface area contributed by atoms with Gasteiger partial charge < -0.3 is 14.8 Å². The fourth-order valence-electron chi connectivity index (χ4n) is 1.31. The third kappa shape index (κ3) is 3.03. The second-order valence-electron chi connectivity index (χ2n) is 3.53. The molecule has 2 aromatic heterocycles. The first-order chi connectivity index (χ1) is 9.06. The van der Waals surface area contributed by atoms with Crippen LogP contribution in [0.4, 0.5) is 5.82 Å². The Bertz CT molecular complexity index is 672. The topological polar surface area (TPSA) is 109 Å². The third-order valence-electron chi connectivity index (χ3n) is 2.21. The third-order valence-corrected chi connectivity index (χ3v) is 2.21. The fourth-order valence-corrected chi connectivity index (χ4v) is 1.31. The van der Waals surface area contributed by atoms with Gasteiger partial charge in [-0.05, 0) is 18.2 Å². The van der Waals surface area contributed by atoms with Crippen molar-refractivity contribution >= 4 is 17.7 Å². The maximum Gasteiger partial charge on any atom is 0.335 e. The molecule has 0 aliphatic rings. The zero-order valence-electron chi connectivity index (χ0n) is 9.49. The molecule has 0 saturated heterocycles. The molecule has 0 atom stereocenters. The maximum absolute atomic E-state index is 11.7. The molecular formula is C12H8N2O5. The second kappa shape index (κ2) is 5.13. The molecule has 96 valence electrons. The molecule has 2 N–H and O–H groups in total. The average Bonchev–Trinajstić information content (AvgIpc) is 2.39. The van der Waals surface area contributed by atoms with Crippen LogP contribution in [-0.2, 0) is 0 Å². The summed E-state index contributed by atoms with van der Waals surface area (Å²) < 4.78 is 4.55. The van der Waals surface area contributed by atoms with Gasteiger partial charge in [0.1, 0.15) is 12.1 Å². The van der Waals surface area contributed by atoms with E-state index in [4.69, 9.17) is 5.11 Å². The van der Waals surface area contributed by atoms with Crippen LogP contribution >= 0.6 is 0 Å². The first-order valence-electron chi connectivity index (χ1n) is 5.16. The summed E-state index contributed by atoms with van der Waals surface area (Å²) in [5.74, 6) is -1.58. The van der Waals surface area contributed by atoms with Crippen LogP contribution in [0.5, 0.6) is 0 Å². The molecule has 0 radical (unpaired) electrons. The van der Waals surface area contributed by atoms with Crippen LogP contribution < -0.4 is 10.9 Å². The molecule has 0 unspecified atom stereocenters. The van der Waals surface area contributed by atoms with Gasteiger partial charge in [-0.1, -0.05) is 0 Å². The number of carboxylic acids is 1. The molecule has 19 heavy (non-hydrogen) atoms. The number of rotatable bonds is 3. The molecule has 0 aliphatic heterocycles. The van der Waals surface area contributed by atoms with Gasteiger partial charge in [0.15, 0.2) is 0 Å². The predicted octanol–water partition coefficient (Wildman–Crippen LogP) is 0.985. The predicted molar refractivity (Wildman–Crippen MR) is 64.1 cm³/mol. The molecule has 0 aromatic carbocycles. The Labute approximate surface area is 106 Å². The maximum atomic E-state index is 11.7. The Morgan fingerprint density at radius 1 is 1.21 bits per heavy atom. The Balaban J connectivity index is 2.19. The van der Waals surface area contributed by atoms with E-state index in [0.29, 0.717) is 0 Å². The number of anilines is 1. The SMILES string of the molecule is O=C(O)c1ccnc(NC(=O)c2ccc(=O)oc2)c1. The number of hydrogen-bond acceptors (Lipinski definition) is 5. The van der Waals surface area contributed by atoms with Crippen LogP contribution in [0.3, 0.4) is 0 Å². The first kappa shape index (κ1) is 12.5. The average molecular weight is 260 g/mol. The van der Waals surface area contributed by atoms with Crippen molar-refractivity contribution in [3.05, 3.63) is 58.3 Å². The lowest BCUT2D eigenvalue weighted by molar-refractivity contribution is 0.0696. The molecule has 0 spiro atoms. The molecule has 0 aliphatic carbocycles. The molecule has 2 aromatic rings. The van der Waals surface area contributed by atoms with Gasteiger partial charge in [-0.25, -0.2) is 14.6 Å². The lowest BCUT2D eigenvalue weighted by Crippen LogP contribution is -2.14. The Morgan fingerprint density at radius 2 is 2.00 bits per heavy atom. The summed E-state index contributed by atoms with van der Waals surface area (Å²) in [5.41, 5.74) is -0.436. The van der Waals surface area contributed by atoms with Crippen LogP contribution in [0, 0.1) is 0 Å².